The van der Waals surface area contributed by atoms with Crippen LogP contribution in [0.5, 0.6) is 0 Å². The van der Waals surface area contributed by atoms with Gasteiger partial charge in [-0.25, -0.2) is 4.79 Å². The Balaban J connectivity index is 1.31. The number of halogens is 1. The van der Waals surface area contributed by atoms with Crippen LogP contribution in [0.25, 0.3) is 11.0 Å². The lowest BCUT2D eigenvalue weighted by atomic mass is 9.57. The maximum Gasteiger partial charge on any atom is 0.410 e. The number of carbonyl (C=O) groups excluding carboxylic acids is 1. The van der Waals surface area contributed by atoms with E-state index in [4.69, 9.17) is 16.3 Å². The van der Waals surface area contributed by atoms with Crippen molar-refractivity contribution in [2.24, 2.45) is 5.41 Å². The lowest BCUT2D eigenvalue weighted by Crippen LogP contribution is -2.63. The SMILES string of the molecule is CC(C)(C)OC(=O)N1CC2(CC(c3cc4nnc(Cl)cc4n3C3CCC3)C2)C1. The molecule has 1 aliphatic heterocycles. The number of hydrogen-bond donors (Lipinski definition) is 0. The molecule has 0 unspecified atom stereocenters. The molecule has 0 bridgehead atoms. The molecule has 1 saturated heterocycles. The van der Waals surface area contributed by atoms with Crippen LogP contribution in [0.1, 0.15) is 70.5 Å². The summed E-state index contributed by atoms with van der Waals surface area (Å²) < 4.78 is 7.97. The average molecular weight is 403 g/mol. The molecule has 2 aliphatic carbocycles. The van der Waals surface area contributed by atoms with Crippen molar-refractivity contribution in [3.63, 3.8) is 0 Å². The van der Waals surface area contributed by atoms with Crippen LogP contribution in [-0.4, -0.2) is 44.4 Å². The summed E-state index contributed by atoms with van der Waals surface area (Å²) in [6.07, 6.45) is 5.79. The van der Waals surface area contributed by atoms with E-state index in [2.05, 4.69) is 20.8 Å². The number of hydrogen-bond acceptors (Lipinski definition) is 4. The summed E-state index contributed by atoms with van der Waals surface area (Å²) in [5.74, 6) is 0.523. The highest BCUT2D eigenvalue weighted by atomic mass is 35.5. The zero-order valence-corrected chi connectivity index (χ0v) is 17.5. The summed E-state index contributed by atoms with van der Waals surface area (Å²) in [5, 5.41) is 8.79. The second-order valence-electron chi connectivity index (χ2n) is 9.90. The molecule has 0 aromatic carbocycles. The van der Waals surface area contributed by atoms with E-state index in [1.165, 1.54) is 25.0 Å². The van der Waals surface area contributed by atoms with Gasteiger partial charge in [-0.3, -0.25) is 0 Å². The van der Waals surface area contributed by atoms with Crippen molar-refractivity contribution >= 4 is 28.7 Å². The van der Waals surface area contributed by atoms with Crippen molar-refractivity contribution in [1.29, 1.82) is 0 Å². The molecule has 2 aromatic heterocycles. The molecule has 150 valence electrons. The molecule has 0 atom stereocenters. The fourth-order valence-corrected chi connectivity index (χ4v) is 5.19. The second kappa shape index (κ2) is 6.09. The monoisotopic (exact) mass is 402 g/mol. The van der Waals surface area contributed by atoms with Gasteiger partial charge in [-0.2, -0.15) is 0 Å². The Labute approximate surface area is 170 Å². The molecule has 1 amide bonds. The Morgan fingerprint density at radius 2 is 1.93 bits per heavy atom. The lowest BCUT2D eigenvalue weighted by molar-refractivity contribution is -0.0797. The third kappa shape index (κ3) is 2.97. The van der Waals surface area contributed by atoms with Crippen LogP contribution in [0.3, 0.4) is 0 Å². The normalized spacial score (nSPS) is 22.1. The van der Waals surface area contributed by atoms with Crippen molar-refractivity contribution in [2.45, 2.75) is 70.4 Å². The van der Waals surface area contributed by atoms with Gasteiger partial charge in [-0.05, 0) is 58.9 Å². The number of amides is 1. The molecule has 3 aliphatic rings. The summed E-state index contributed by atoms with van der Waals surface area (Å²) in [4.78, 5) is 14.1. The van der Waals surface area contributed by atoms with Crippen molar-refractivity contribution in [3.8, 4) is 0 Å². The van der Waals surface area contributed by atoms with E-state index in [0.717, 1.165) is 37.0 Å². The molecule has 3 heterocycles. The summed E-state index contributed by atoms with van der Waals surface area (Å²) in [6, 6.07) is 4.72. The Bertz CT molecular complexity index is 930. The second-order valence-corrected chi connectivity index (χ2v) is 10.3. The summed E-state index contributed by atoms with van der Waals surface area (Å²) in [7, 11) is 0. The van der Waals surface area contributed by atoms with Gasteiger partial charge < -0.3 is 14.2 Å². The van der Waals surface area contributed by atoms with Gasteiger partial charge in [0.15, 0.2) is 5.15 Å². The van der Waals surface area contributed by atoms with Crippen LogP contribution in [0.15, 0.2) is 12.1 Å². The summed E-state index contributed by atoms with van der Waals surface area (Å²) in [6.45, 7) is 7.36. The quantitative estimate of drug-likeness (QED) is 0.714. The number of fused-ring (bicyclic) bond motifs is 1. The smallest absolute Gasteiger partial charge is 0.410 e. The molecular weight excluding hydrogens is 376 g/mol. The van der Waals surface area contributed by atoms with E-state index in [1.54, 1.807) is 0 Å². The minimum absolute atomic E-state index is 0.185. The van der Waals surface area contributed by atoms with Crippen molar-refractivity contribution in [3.05, 3.63) is 23.0 Å². The Kier molecular flexibility index (Phi) is 3.96. The molecule has 2 saturated carbocycles. The maximum atomic E-state index is 12.2. The fraction of sp³-hybridized carbons (Fsp3) is 0.667. The largest absolute Gasteiger partial charge is 0.444 e. The summed E-state index contributed by atoms with van der Waals surface area (Å²) in [5.41, 5.74) is 3.26. The standard InChI is InChI=1S/C21H27ClN4O2/c1-20(2,3)28-19(27)25-11-21(12-25)9-13(10-21)16-7-15-17(8-18(22)24-23-15)26(16)14-5-4-6-14/h7-8,13-14H,4-6,9-12H2,1-3H3. The fourth-order valence-electron chi connectivity index (χ4n) is 5.05. The van der Waals surface area contributed by atoms with Crippen LogP contribution < -0.4 is 0 Å². The zero-order chi connectivity index (χ0) is 19.7. The predicted molar refractivity (Wildman–Crippen MR) is 108 cm³/mol. The Morgan fingerprint density at radius 1 is 1.21 bits per heavy atom. The van der Waals surface area contributed by atoms with Crippen molar-refractivity contribution in [2.75, 3.05) is 13.1 Å². The summed E-state index contributed by atoms with van der Waals surface area (Å²) >= 11 is 6.13. The Hall–Kier alpha value is -1.82. The van der Waals surface area contributed by atoms with Crippen molar-refractivity contribution < 1.29 is 9.53 Å². The molecule has 7 heteroatoms. The van der Waals surface area contributed by atoms with Gasteiger partial charge in [0.2, 0.25) is 0 Å². The van der Waals surface area contributed by atoms with Crippen LogP contribution >= 0.6 is 11.6 Å². The van der Waals surface area contributed by atoms with E-state index < -0.39 is 5.60 Å². The highest BCUT2D eigenvalue weighted by Crippen LogP contribution is 2.57. The highest BCUT2D eigenvalue weighted by Gasteiger charge is 2.55. The number of aromatic nitrogens is 3. The number of likely N-dealkylation sites (tertiary alicyclic amines) is 1. The molecular formula is C21H27ClN4O2. The van der Waals surface area contributed by atoms with Crippen LogP contribution in [0.4, 0.5) is 4.79 Å². The van der Waals surface area contributed by atoms with E-state index in [1.807, 2.05) is 31.7 Å². The van der Waals surface area contributed by atoms with Gasteiger partial charge in [-0.1, -0.05) is 11.6 Å². The first-order chi connectivity index (χ1) is 13.2. The van der Waals surface area contributed by atoms with Gasteiger partial charge in [0, 0.05) is 42.2 Å². The highest BCUT2D eigenvalue weighted by molar-refractivity contribution is 6.29. The minimum atomic E-state index is -0.437. The number of ether oxygens (including phenoxy) is 1. The molecule has 3 fully saturated rings. The van der Waals surface area contributed by atoms with Gasteiger partial charge >= 0.3 is 6.09 Å². The van der Waals surface area contributed by atoms with E-state index in [9.17, 15) is 4.79 Å². The molecule has 1 spiro atoms. The number of rotatable bonds is 2. The lowest BCUT2D eigenvalue weighted by Gasteiger charge is -2.59. The predicted octanol–water partition coefficient (Wildman–Crippen LogP) is 4.92. The van der Waals surface area contributed by atoms with Gasteiger partial charge in [0.25, 0.3) is 0 Å². The first-order valence-electron chi connectivity index (χ1n) is 10.3. The first kappa shape index (κ1) is 18.2. The molecule has 28 heavy (non-hydrogen) atoms. The number of nitrogens with zero attached hydrogens (tertiary/aromatic N) is 4. The maximum absolute atomic E-state index is 12.2. The van der Waals surface area contributed by atoms with Crippen LogP contribution in [-0.2, 0) is 4.74 Å². The van der Waals surface area contributed by atoms with E-state index in [-0.39, 0.29) is 11.5 Å². The average Bonchev–Trinajstić information content (AvgIpc) is 2.79. The molecule has 2 aromatic rings. The minimum Gasteiger partial charge on any atom is -0.444 e. The van der Waals surface area contributed by atoms with E-state index >= 15 is 0 Å². The Morgan fingerprint density at radius 3 is 2.54 bits per heavy atom. The van der Waals surface area contributed by atoms with Gasteiger partial charge in [0.05, 0.1) is 5.52 Å². The molecule has 0 N–H and O–H groups in total. The zero-order valence-electron chi connectivity index (χ0n) is 16.7. The topological polar surface area (TPSA) is 60.2 Å². The first-order valence-corrected chi connectivity index (χ1v) is 10.6. The third-order valence-corrected chi connectivity index (χ3v) is 6.70. The van der Waals surface area contributed by atoms with Gasteiger partial charge in [0.1, 0.15) is 11.1 Å². The van der Waals surface area contributed by atoms with Crippen LogP contribution in [0.2, 0.25) is 5.15 Å². The van der Waals surface area contributed by atoms with Crippen LogP contribution in [0, 0.1) is 5.41 Å². The van der Waals surface area contributed by atoms with E-state index in [0.29, 0.717) is 17.1 Å². The van der Waals surface area contributed by atoms with Crippen molar-refractivity contribution in [1.82, 2.24) is 19.7 Å². The molecule has 0 radical (unpaired) electrons. The molecule has 6 nitrogen and oxygen atoms in total. The third-order valence-electron chi connectivity index (χ3n) is 6.52. The number of carbonyl (C=O) groups is 1. The molecule has 5 rings (SSSR count). The van der Waals surface area contributed by atoms with Gasteiger partial charge in [-0.15, -0.1) is 10.2 Å².